The molecule has 29 heavy (non-hydrogen) atoms. The number of amides is 2. The van der Waals surface area contributed by atoms with Crippen molar-refractivity contribution in [2.75, 3.05) is 17.7 Å². The molecule has 0 radical (unpaired) electrons. The number of hydrogen-bond donors (Lipinski definition) is 2. The molecule has 0 spiro atoms. The van der Waals surface area contributed by atoms with Gasteiger partial charge < -0.3 is 19.8 Å². The van der Waals surface area contributed by atoms with Gasteiger partial charge in [0.15, 0.2) is 11.3 Å². The summed E-state index contributed by atoms with van der Waals surface area (Å²) >= 11 is 0. The highest BCUT2D eigenvalue weighted by atomic mass is 16.5. The van der Waals surface area contributed by atoms with Crippen molar-refractivity contribution < 1.29 is 18.7 Å². The van der Waals surface area contributed by atoms with Crippen molar-refractivity contribution in [2.45, 2.75) is 13.3 Å². The lowest BCUT2D eigenvalue weighted by molar-refractivity contribution is -0.116. The number of nitrogens with one attached hydrogen (secondary N) is 2. The molecule has 7 heteroatoms. The number of hydrogen-bond acceptors (Lipinski definition) is 5. The van der Waals surface area contributed by atoms with Crippen molar-refractivity contribution in [3.63, 3.8) is 0 Å². The van der Waals surface area contributed by atoms with Gasteiger partial charge in [0.05, 0.1) is 13.5 Å². The van der Waals surface area contributed by atoms with Crippen molar-refractivity contribution in [3.05, 3.63) is 60.4 Å². The number of furan rings is 1. The fourth-order valence-corrected chi connectivity index (χ4v) is 3.33. The van der Waals surface area contributed by atoms with Gasteiger partial charge in [-0.2, -0.15) is 0 Å². The fourth-order valence-electron chi connectivity index (χ4n) is 3.33. The summed E-state index contributed by atoms with van der Waals surface area (Å²) in [5, 5.41) is 7.23. The highest BCUT2D eigenvalue weighted by molar-refractivity contribution is 6.11. The summed E-state index contributed by atoms with van der Waals surface area (Å²) in [4.78, 5) is 28.0. The van der Waals surface area contributed by atoms with Crippen LogP contribution in [-0.4, -0.2) is 23.9 Å². The molecular weight excluding hydrogens is 370 g/mol. The van der Waals surface area contributed by atoms with Crippen molar-refractivity contribution in [1.82, 2.24) is 4.98 Å². The first-order valence-corrected chi connectivity index (χ1v) is 9.05. The molecule has 2 aromatic heterocycles. The van der Waals surface area contributed by atoms with Crippen molar-refractivity contribution >= 4 is 45.1 Å². The van der Waals surface area contributed by atoms with Crippen LogP contribution in [0.5, 0.6) is 5.75 Å². The molecule has 0 aliphatic heterocycles. The van der Waals surface area contributed by atoms with Crippen LogP contribution in [0.2, 0.25) is 0 Å². The third kappa shape index (κ3) is 3.75. The van der Waals surface area contributed by atoms with Crippen LogP contribution in [0, 0.1) is 0 Å². The molecule has 0 atom stereocenters. The van der Waals surface area contributed by atoms with Gasteiger partial charge in [-0.15, -0.1) is 0 Å². The average molecular weight is 389 g/mol. The molecule has 2 heterocycles. The highest BCUT2D eigenvalue weighted by Gasteiger charge is 2.18. The zero-order chi connectivity index (χ0) is 20.4. The normalized spacial score (nSPS) is 10.8. The quantitative estimate of drug-likeness (QED) is 0.535. The summed E-state index contributed by atoms with van der Waals surface area (Å²) in [5.74, 6) is 0.261. The number of pyridine rings is 1. The number of ether oxygens (including phenoxy) is 1. The summed E-state index contributed by atoms with van der Waals surface area (Å²) in [7, 11) is 1.57. The second-order valence-electron chi connectivity index (χ2n) is 6.59. The van der Waals surface area contributed by atoms with Crippen LogP contribution < -0.4 is 15.4 Å². The Kier molecular flexibility index (Phi) is 4.87. The second-order valence-corrected chi connectivity index (χ2v) is 6.59. The van der Waals surface area contributed by atoms with E-state index in [9.17, 15) is 9.59 Å². The molecule has 0 fully saturated rings. The molecule has 4 rings (SSSR count). The zero-order valence-corrected chi connectivity index (χ0v) is 16.0. The molecule has 2 amide bonds. The molecule has 146 valence electrons. The van der Waals surface area contributed by atoms with Crippen LogP contribution >= 0.6 is 0 Å². The number of benzene rings is 2. The number of anilines is 2. The number of nitrogens with zero attached hydrogens (tertiary/aromatic N) is 1. The van der Waals surface area contributed by atoms with Gasteiger partial charge >= 0.3 is 0 Å². The van der Waals surface area contributed by atoms with Gasteiger partial charge in [0, 0.05) is 41.5 Å². The lowest BCUT2D eigenvalue weighted by Crippen LogP contribution is -2.14. The maximum Gasteiger partial charge on any atom is 0.228 e. The Morgan fingerprint density at radius 3 is 2.55 bits per heavy atom. The summed E-state index contributed by atoms with van der Waals surface area (Å²) in [6.07, 6.45) is 3.39. The minimum Gasteiger partial charge on any atom is -0.493 e. The summed E-state index contributed by atoms with van der Waals surface area (Å²) in [6, 6.07) is 12.5. The van der Waals surface area contributed by atoms with Gasteiger partial charge in [-0.25, -0.2) is 0 Å². The average Bonchev–Trinajstić information content (AvgIpc) is 3.08. The molecule has 0 aliphatic rings. The summed E-state index contributed by atoms with van der Waals surface area (Å²) < 4.78 is 11.4. The Morgan fingerprint density at radius 2 is 1.83 bits per heavy atom. The standard InChI is InChI=1S/C22H19N3O4/c1-13(26)24-16-4-6-18-17(12-16)21-14(3-5-19(28-2)22(21)29-18)11-20(27)25-15-7-9-23-10-8-15/h3-10,12H,11H2,1-2H3,(H,24,26)(H,23,25,27). The number of fused-ring (bicyclic) bond motifs is 3. The van der Waals surface area contributed by atoms with Crippen molar-refractivity contribution in [3.8, 4) is 5.75 Å². The van der Waals surface area contributed by atoms with Crippen LogP contribution in [0.3, 0.4) is 0 Å². The van der Waals surface area contributed by atoms with Crippen LogP contribution in [0.1, 0.15) is 12.5 Å². The molecule has 0 unspecified atom stereocenters. The van der Waals surface area contributed by atoms with Gasteiger partial charge in [0.2, 0.25) is 11.8 Å². The van der Waals surface area contributed by atoms with Gasteiger partial charge in [-0.1, -0.05) is 6.07 Å². The smallest absolute Gasteiger partial charge is 0.228 e. The largest absolute Gasteiger partial charge is 0.493 e. The molecule has 2 aromatic carbocycles. The Labute approximate surface area is 166 Å². The van der Waals surface area contributed by atoms with E-state index in [-0.39, 0.29) is 18.2 Å². The Bertz CT molecular complexity index is 1220. The zero-order valence-electron chi connectivity index (χ0n) is 16.0. The molecule has 0 saturated heterocycles. The first-order valence-electron chi connectivity index (χ1n) is 9.05. The first kappa shape index (κ1) is 18.5. The van der Waals surface area contributed by atoms with Crippen LogP contribution in [-0.2, 0) is 16.0 Å². The van der Waals surface area contributed by atoms with E-state index >= 15 is 0 Å². The predicted molar refractivity (Wildman–Crippen MR) is 111 cm³/mol. The third-order valence-electron chi connectivity index (χ3n) is 4.52. The number of aromatic nitrogens is 1. The van der Waals surface area contributed by atoms with E-state index in [1.807, 2.05) is 12.1 Å². The minimum atomic E-state index is -0.160. The third-order valence-corrected chi connectivity index (χ3v) is 4.52. The van der Waals surface area contributed by atoms with E-state index in [0.717, 1.165) is 16.3 Å². The number of carbonyl (C=O) groups excluding carboxylic acids is 2. The van der Waals surface area contributed by atoms with E-state index in [0.29, 0.717) is 28.3 Å². The molecule has 7 nitrogen and oxygen atoms in total. The van der Waals surface area contributed by atoms with Gasteiger partial charge in [0.25, 0.3) is 0 Å². The fraction of sp³-hybridized carbons (Fsp3) is 0.136. The predicted octanol–water partition coefficient (Wildman–Crippen LogP) is 4.13. The Morgan fingerprint density at radius 1 is 1.03 bits per heavy atom. The second kappa shape index (κ2) is 7.63. The lowest BCUT2D eigenvalue weighted by atomic mass is 10.0. The van der Waals surface area contributed by atoms with Crippen LogP contribution in [0.25, 0.3) is 21.9 Å². The molecule has 0 bridgehead atoms. The summed E-state index contributed by atoms with van der Waals surface area (Å²) in [6.45, 7) is 1.45. The molecule has 2 N–H and O–H groups in total. The Hall–Kier alpha value is -3.87. The van der Waals surface area contributed by atoms with E-state index in [1.165, 1.54) is 6.92 Å². The lowest BCUT2D eigenvalue weighted by Gasteiger charge is -2.08. The van der Waals surface area contributed by atoms with Gasteiger partial charge in [-0.05, 0) is 42.0 Å². The minimum absolute atomic E-state index is 0.155. The van der Waals surface area contributed by atoms with E-state index in [2.05, 4.69) is 15.6 Å². The molecular formula is C22H19N3O4. The maximum atomic E-state index is 12.6. The highest BCUT2D eigenvalue weighted by Crippen LogP contribution is 2.38. The van der Waals surface area contributed by atoms with Crippen LogP contribution in [0.4, 0.5) is 11.4 Å². The van der Waals surface area contributed by atoms with Gasteiger partial charge in [0.1, 0.15) is 5.58 Å². The number of methoxy groups -OCH3 is 1. The molecule has 4 aromatic rings. The van der Waals surface area contributed by atoms with E-state index in [4.69, 9.17) is 9.15 Å². The van der Waals surface area contributed by atoms with E-state index in [1.54, 1.807) is 49.8 Å². The SMILES string of the molecule is COc1ccc(CC(=O)Nc2ccncc2)c2c1oc1ccc(NC(C)=O)cc12. The molecule has 0 aliphatic carbocycles. The first-order chi connectivity index (χ1) is 14.0. The number of carbonyl (C=O) groups is 2. The monoisotopic (exact) mass is 389 g/mol. The Balaban J connectivity index is 1.78. The van der Waals surface area contributed by atoms with Crippen molar-refractivity contribution in [2.24, 2.45) is 0 Å². The maximum absolute atomic E-state index is 12.6. The summed E-state index contributed by atoms with van der Waals surface area (Å²) in [5.41, 5.74) is 3.35. The topological polar surface area (TPSA) is 93.5 Å². The van der Waals surface area contributed by atoms with Gasteiger partial charge in [-0.3, -0.25) is 14.6 Å². The molecule has 0 saturated carbocycles. The van der Waals surface area contributed by atoms with Crippen LogP contribution in [0.15, 0.2) is 59.3 Å². The number of rotatable bonds is 5. The van der Waals surface area contributed by atoms with Crippen molar-refractivity contribution in [1.29, 1.82) is 0 Å². The van der Waals surface area contributed by atoms with E-state index < -0.39 is 0 Å².